The zero-order valence-corrected chi connectivity index (χ0v) is 7.51. The standard InChI is InChI=1S/C11H11FO/c1-2-11(12)7-8-5-3-4-6-9(8)10(11)13/h3-6H,2,7H2,1H3. The van der Waals surface area contributed by atoms with Gasteiger partial charge in [-0.15, -0.1) is 0 Å². The number of hydrogen-bond donors (Lipinski definition) is 0. The molecule has 13 heavy (non-hydrogen) atoms. The van der Waals surface area contributed by atoms with Crippen molar-refractivity contribution < 1.29 is 9.18 Å². The van der Waals surface area contributed by atoms with E-state index in [4.69, 9.17) is 0 Å². The molecule has 2 heteroatoms. The largest absolute Gasteiger partial charge is 0.291 e. The monoisotopic (exact) mass is 178 g/mol. The lowest BCUT2D eigenvalue weighted by molar-refractivity contribution is 0.0711. The smallest absolute Gasteiger partial charge is 0.200 e. The molecule has 1 nitrogen and oxygen atoms in total. The van der Waals surface area contributed by atoms with Crippen molar-refractivity contribution in [3.05, 3.63) is 35.4 Å². The van der Waals surface area contributed by atoms with E-state index >= 15 is 0 Å². The van der Waals surface area contributed by atoms with Crippen LogP contribution in [0.4, 0.5) is 4.39 Å². The highest BCUT2D eigenvalue weighted by Gasteiger charge is 2.44. The van der Waals surface area contributed by atoms with Crippen molar-refractivity contribution >= 4 is 5.78 Å². The Morgan fingerprint density at radius 2 is 2.15 bits per heavy atom. The fourth-order valence-corrected chi connectivity index (χ4v) is 1.81. The van der Waals surface area contributed by atoms with Crippen LogP contribution in [0.5, 0.6) is 0 Å². The number of halogens is 1. The lowest BCUT2D eigenvalue weighted by Crippen LogP contribution is -2.29. The number of benzene rings is 1. The molecule has 0 spiro atoms. The third kappa shape index (κ3) is 1.09. The highest BCUT2D eigenvalue weighted by molar-refractivity contribution is 6.06. The highest BCUT2D eigenvalue weighted by atomic mass is 19.1. The third-order valence-electron chi connectivity index (χ3n) is 2.70. The molecule has 0 N–H and O–H groups in total. The number of fused-ring (bicyclic) bond motifs is 1. The molecule has 0 radical (unpaired) electrons. The normalized spacial score (nSPS) is 26.2. The Hall–Kier alpha value is -1.18. The van der Waals surface area contributed by atoms with Gasteiger partial charge in [-0.1, -0.05) is 31.2 Å². The quantitative estimate of drug-likeness (QED) is 0.645. The summed E-state index contributed by atoms with van der Waals surface area (Å²) in [6.07, 6.45) is 0.513. The minimum absolute atomic E-state index is 0.249. The van der Waals surface area contributed by atoms with E-state index in [9.17, 15) is 9.18 Å². The Kier molecular flexibility index (Phi) is 1.72. The first-order chi connectivity index (χ1) is 6.17. The topological polar surface area (TPSA) is 17.1 Å². The molecule has 0 saturated heterocycles. The summed E-state index contributed by atoms with van der Waals surface area (Å²) in [6.45, 7) is 1.71. The maximum absolute atomic E-state index is 13.9. The van der Waals surface area contributed by atoms with Gasteiger partial charge in [-0.05, 0) is 12.0 Å². The Morgan fingerprint density at radius 1 is 1.46 bits per heavy atom. The van der Waals surface area contributed by atoms with E-state index in [1.807, 2.05) is 12.1 Å². The summed E-state index contributed by atoms with van der Waals surface area (Å²) in [7, 11) is 0. The summed E-state index contributed by atoms with van der Waals surface area (Å²) in [5.41, 5.74) is -0.229. The number of carbonyl (C=O) groups excluding carboxylic acids is 1. The number of carbonyl (C=O) groups is 1. The first kappa shape index (κ1) is 8.42. The van der Waals surface area contributed by atoms with Gasteiger partial charge in [-0.2, -0.15) is 0 Å². The van der Waals surface area contributed by atoms with Gasteiger partial charge in [0, 0.05) is 12.0 Å². The molecule has 68 valence electrons. The molecule has 0 bridgehead atoms. The first-order valence-electron chi connectivity index (χ1n) is 4.49. The molecule has 1 atom stereocenters. The fraction of sp³-hybridized carbons (Fsp3) is 0.364. The third-order valence-corrected chi connectivity index (χ3v) is 2.70. The lowest BCUT2D eigenvalue weighted by atomic mass is 9.98. The van der Waals surface area contributed by atoms with Crippen LogP contribution in [-0.4, -0.2) is 11.5 Å². The van der Waals surface area contributed by atoms with Crippen molar-refractivity contribution in [2.24, 2.45) is 0 Å². The van der Waals surface area contributed by atoms with Crippen LogP contribution in [0, 0.1) is 0 Å². The predicted octanol–water partition coefficient (Wildman–Crippen LogP) is 2.54. The average Bonchev–Trinajstić information content (AvgIpc) is 2.41. The Morgan fingerprint density at radius 3 is 2.77 bits per heavy atom. The molecule has 0 heterocycles. The summed E-state index contributed by atoms with van der Waals surface area (Å²) < 4.78 is 13.9. The number of alkyl halides is 1. The van der Waals surface area contributed by atoms with Gasteiger partial charge in [-0.25, -0.2) is 4.39 Å². The molecule has 0 amide bonds. The maximum Gasteiger partial charge on any atom is 0.200 e. The van der Waals surface area contributed by atoms with Gasteiger partial charge < -0.3 is 0 Å². The second-order valence-corrected chi connectivity index (χ2v) is 3.48. The molecule has 1 unspecified atom stereocenters. The molecule has 1 aromatic rings. The van der Waals surface area contributed by atoms with Crippen LogP contribution in [0.2, 0.25) is 0 Å². The van der Waals surface area contributed by atoms with Crippen molar-refractivity contribution in [1.82, 2.24) is 0 Å². The second kappa shape index (κ2) is 2.66. The summed E-state index contributed by atoms with van der Waals surface area (Å²) in [4.78, 5) is 11.6. The molecule has 1 aliphatic rings. The number of ketones is 1. The Bertz CT molecular complexity index is 359. The minimum Gasteiger partial charge on any atom is -0.291 e. The summed E-state index contributed by atoms with van der Waals surface area (Å²) in [6, 6.07) is 7.14. The summed E-state index contributed by atoms with van der Waals surface area (Å²) >= 11 is 0. The second-order valence-electron chi connectivity index (χ2n) is 3.48. The number of hydrogen-bond acceptors (Lipinski definition) is 1. The maximum atomic E-state index is 13.9. The molecular weight excluding hydrogens is 167 g/mol. The number of Topliss-reactive ketones (excluding diaryl/α,β-unsaturated/α-hetero) is 1. The van der Waals surface area contributed by atoms with Crippen LogP contribution in [0.3, 0.4) is 0 Å². The van der Waals surface area contributed by atoms with Crippen molar-refractivity contribution in [2.45, 2.75) is 25.4 Å². The van der Waals surface area contributed by atoms with Crippen molar-refractivity contribution in [3.63, 3.8) is 0 Å². The van der Waals surface area contributed by atoms with Crippen LogP contribution in [0.15, 0.2) is 24.3 Å². The SMILES string of the molecule is CCC1(F)Cc2ccccc2C1=O. The Balaban J connectivity index is 2.50. The minimum atomic E-state index is -1.64. The van der Waals surface area contributed by atoms with Gasteiger partial charge in [-0.3, -0.25) is 4.79 Å². The highest BCUT2D eigenvalue weighted by Crippen LogP contribution is 2.35. The zero-order valence-electron chi connectivity index (χ0n) is 7.51. The van der Waals surface area contributed by atoms with Gasteiger partial charge in [0.1, 0.15) is 0 Å². The van der Waals surface area contributed by atoms with E-state index in [1.54, 1.807) is 19.1 Å². The van der Waals surface area contributed by atoms with Crippen molar-refractivity contribution in [1.29, 1.82) is 0 Å². The van der Waals surface area contributed by atoms with Crippen LogP contribution in [-0.2, 0) is 6.42 Å². The van der Waals surface area contributed by atoms with Crippen LogP contribution in [0.1, 0.15) is 29.3 Å². The molecule has 0 aromatic heterocycles. The van der Waals surface area contributed by atoms with Crippen molar-refractivity contribution in [3.8, 4) is 0 Å². The first-order valence-corrected chi connectivity index (χ1v) is 4.49. The number of rotatable bonds is 1. The van der Waals surface area contributed by atoms with Gasteiger partial charge in [0.05, 0.1) is 0 Å². The van der Waals surface area contributed by atoms with Crippen LogP contribution < -0.4 is 0 Å². The molecule has 1 aromatic carbocycles. The molecule has 1 aliphatic carbocycles. The van der Waals surface area contributed by atoms with Gasteiger partial charge in [0.25, 0.3) is 0 Å². The summed E-state index contributed by atoms with van der Waals surface area (Å²) in [5.74, 6) is -0.342. The summed E-state index contributed by atoms with van der Waals surface area (Å²) in [5, 5.41) is 0. The molecule has 0 fully saturated rings. The van der Waals surface area contributed by atoms with Crippen LogP contribution >= 0.6 is 0 Å². The lowest BCUT2D eigenvalue weighted by Gasteiger charge is -2.13. The van der Waals surface area contributed by atoms with Gasteiger partial charge in [0.15, 0.2) is 5.67 Å². The van der Waals surface area contributed by atoms with E-state index in [1.165, 1.54) is 0 Å². The van der Waals surface area contributed by atoms with E-state index in [0.29, 0.717) is 5.56 Å². The predicted molar refractivity (Wildman–Crippen MR) is 48.6 cm³/mol. The molecular formula is C11H11FO. The van der Waals surface area contributed by atoms with E-state index in [2.05, 4.69) is 0 Å². The average molecular weight is 178 g/mol. The van der Waals surface area contributed by atoms with Gasteiger partial charge in [0.2, 0.25) is 5.78 Å². The van der Waals surface area contributed by atoms with Crippen molar-refractivity contribution in [2.75, 3.05) is 0 Å². The fourth-order valence-electron chi connectivity index (χ4n) is 1.81. The zero-order chi connectivity index (χ0) is 9.47. The van der Waals surface area contributed by atoms with Gasteiger partial charge >= 0.3 is 0 Å². The van der Waals surface area contributed by atoms with E-state index in [-0.39, 0.29) is 18.6 Å². The van der Waals surface area contributed by atoms with E-state index < -0.39 is 5.67 Å². The molecule has 0 saturated carbocycles. The van der Waals surface area contributed by atoms with E-state index in [0.717, 1.165) is 5.56 Å². The molecule has 0 aliphatic heterocycles. The molecule has 2 rings (SSSR count). The Labute approximate surface area is 76.6 Å². The van der Waals surface area contributed by atoms with Crippen LogP contribution in [0.25, 0.3) is 0 Å².